The highest BCUT2D eigenvalue weighted by atomic mass is 35.5. The van der Waals surface area contributed by atoms with Crippen LogP contribution in [0, 0.1) is 0 Å². The van der Waals surface area contributed by atoms with Crippen LogP contribution in [0.4, 0.5) is 11.4 Å². The number of hydrogen-bond acceptors (Lipinski definition) is 5. The van der Waals surface area contributed by atoms with Crippen LogP contribution in [0.1, 0.15) is 31.3 Å². The van der Waals surface area contributed by atoms with E-state index in [0.29, 0.717) is 22.7 Å². The minimum atomic E-state index is -0.520. The molecule has 0 fully saturated rings. The molecule has 0 saturated carbocycles. The van der Waals surface area contributed by atoms with Crippen molar-refractivity contribution in [3.05, 3.63) is 70.8 Å². The Morgan fingerprint density at radius 2 is 1.60 bits per heavy atom. The highest BCUT2D eigenvalue weighted by molar-refractivity contribution is 6.34. The van der Waals surface area contributed by atoms with Crippen molar-refractivity contribution in [2.24, 2.45) is 0 Å². The first-order valence-corrected chi connectivity index (χ1v) is 9.12. The maximum Gasteiger partial charge on any atom is 0.274 e. The molecule has 154 valence electrons. The number of carbonyl (C=O) groups is 3. The normalized spacial score (nSPS) is 10.2. The van der Waals surface area contributed by atoms with Crippen LogP contribution in [0.15, 0.2) is 48.8 Å². The van der Waals surface area contributed by atoms with Crippen LogP contribution in [-0.4, -0.2) is 41.8 Å². The third-order valence-corrected chi connectivity index (χ3v) is 4.44. The predicted molar refractivity (Wildman–Crippen MR) is 112 cm³/mol. The largest absolute Gasteiger partial charge is 0.497 e. The van der Waals surface area contributed by atoms with E-state index in [1.807, 2.05) is 0 Å². The van der Waals surface area contributed by atoms with E-state index < -0.39 is 11.8 Å². The number of carbonyl (C=O) groups excluding carboxylic acids is 3. The zero-order chi connectivity index (χ0) is 21.7. The number of amides is 3. The number of aromatic amines is 1. The van der Waals surface area contributed by atoms with Crippen molar-refractivity contribution in [3.63, 3.8) is 0 Å². The first-order valence-electron chi connectivity index (χ1n) is 8.74. The van der Waals surface area contributed by atoms with E-state index >= 15 is 0 Å². The molecule has 3 rings (SSSR count). The van der Waals surface area contributed by atoms with Gasteiger partial charge in [0.25, 0.3) is 17.7 Å². The average molecular weight is 428 g/mol. The molecule has 0 saturated heterocycles. The highest BCUT2D eigenvalue weighted by Gasteiger charge is 2.19. The second kappa shape index (κ2) is 9.10. The molecule has 0 aliphatic carbocycles. The molecule has 2 aromatic carbocycles. The van der Waals surface area contributed by atoms with Crippen molar-refractivity contribution in [1.29, 1.82) is 0 Å². The molecule has 30 heavy (non-hydrogen) atoms. The summed E-state index contributed by atoms with van der Waals surface area (Å²) in [5.41, 5.74) is 1.32. The summed E-state index contributed by atoms with van der Waals surface area (Å²) in [6.45, 7) is 0. The topological polar surface area (TPSA) is 125 Å². The third-order valence-electron chi connectivity index (χ3n) is 4.13. The smallest absolute Gasteiger partial charge is 0.274 e. The molecule has 4 N–H and O–H groups in total. The Bertz CT molecular complexity index is 1090. The Hall–Kier alpha value is -3.85. The summed E-state index contributed by atoms with van der Waals surface area (Å²) in [4.78, 5) is 43.1. The fourth-order valence-electron chi connectivity index (χ4n) is 2.59. The number of aromatic nitrogens is 2. The van der Waals surface area contributed by atoms with Crippen LogP contribution in [0.5, 0.6) is 5.75 Å². The lowest BCUT2D eigenvalue weighted by Gasteiger charge is -2.09. The standard InChI is InChI=1S/C20H18ClN5O4/c1-22-19(28)16-17(24-10-23-16)20(29)26-12-5-3-11(4-6-12)25-18(27)14-8-7-13(30-2)9-15(14)21/h3-10H,1-2H3,(H,22,28)(H,23,24)(H,25,27)(H,26,29). The monoisotopic (exact) mass is 427 g/mol. The van der Waals surface area contributed by atoms with Crippen LogP contribution in [0.25, 0.3) is 0 Å². The first-order chi connectivity index (χ1) is 14.4. The van der Waals surface area contributed by atoms with Gasteiger partial charge in [0.15, 0.2) is 5.69 Å². The molecule has 0 spiro atoms. The van der Waals surface area contributed by atoms with E-state index in [2.05, 4.69) is 25.9 Å². The van der Waals surface area contributed by atoms with Crippen LogP contribution in [0.3, 0.4) is 0 Å². The molecular formula is C20H18ClN5O4. The zero-order valence-electron chi connectivity index (χ0n) is 16.1. The summed E-state index contributed by atoms with van der Waals surface area (Å²) < 4.78 is 5.07. The van der Waals surface area contributed by atoms with Crippen molar-refractivity contribution < 1.29 is 19.1 Å². The van der Waals surface area contributed by atoms with E-state index in [4.69, 9.17) is 16.3 Å². The lowest BCUT2D eigenvalue weighted by atomic mass is 10.2. The van der Waals surface area contributed by atoms with Gasteiger partial charge in [-0.1, -0.05) is 11.6 Å². The molecule has 0 aliphatic rings. The number of nitrogens with zero attached hydrogens (tertiary/aromatic N) is 1. The average Bonchev–Trinajstić information content (AvgIpc) is 3.24. The van der Waals surface area contributed by atoms with Gasteiger partial charge in [0.05, 0.1) is 24.0 Å². The number of hydrogen-bond donors (Lipinski definition) is 4. The van der Waals surface area contributed by atoms with E-state index in [9.17, 15) is 14.4 Å². The molecule has 3 amide bonds. The minimum Gasteiger partial charge on any atom is -0.497 e. The first kappa shape index (κ1) is 20.9. The van der Waals surface area contributed by atoms with Crippen molar-refractivity contribution in [2.75, 3.05) is 24.8 Å². The number of halogens is 1. The van der Waals surface area contributed by atoms with Crippen molar-refractivity contribution in [3.8, 4) is 5.75 Å². The molecule has 0 unspecified atom stereocenters. The van der Waals surface area contributed by atoms with Gasteiger partial charge in [-0.25, -0.2) is 4.98 Å². The minimum absolute atomic E-state index is 0.00439. The molecule has 1 aromatic heterocycles. The fraction of sp³-hybridized carbons (Fsp3) is 0.100. The Balaban J connectivity index is 1.67. The molecule has 0 bridgehead atoms. The van der Waals surface area contributed by atoms with Crippen molar-refractivity contribution >= 4 is 40.7 Å². The third kappa shape index (κ3) is 4.58. The summed E-state index contributed by atoms with van der Waals surface area (Å²) in [6, 6.07) is 11.2. The second-order valence-corrected chi connectivity index (χ2v) is 6.44. The summed E-state index contributed by atoms with van der Waals surface area (Å²) in [6.07, 6.45) is 1.27. The molecule has 0 aliphatic heterocycles. The number of methoxy groups -OCH3 is 1. The molecule has 3 aromatic rings. The van der Waals surface area contributed by atoms with E-state index in [-0.39, 0.29) is 22.3 Å². The van der Waals surface area contributed by atoms with Gasteiger partial charge in [0, 0.05) is 18.4 Å². The van der Waals surface area contributed by atoms with Gasteiger partial charge in [-0.15, -0.1) is 0 Å². The quantitative estimate of drug-likeness (QED) is 0.481. The van der Waals surface area contributed by atoms with Crippen molar-refractivity contribution in [1.82, 2.24) is 15.3 Å². The van der Waals surface area contributed by atoms with Crippen molar-refractivity contribution in [2.45, 2.75) is 0 Å². The SMILES string of the molecule is CNC(=O)c1nc[nH]c1C(=O)Nc1ccc(NC(=O)c2ccc(OC)cc2Cl)cc1. The summed E-state index contributed by atoms with van der Waals surface area (Å²) in [5.74, 6) is -0.829. The Morgan fingerprint density at radius 1 is 0.967 bits per heavy atom. The predicted octanol–water partition coefficient (Wildman–Crippen LogP) is 2.94. The van der Waals surface area contributed by atoms with Gasteiger partial charge < -0.3 is 25.7 Å². The molecular weight excluding hydrogens is 410 g/mol. The highest BCUT2D eigenvalue weighted by Crippen LogP contribution is 2.24. The molecule has 0 atom stereocenters. The van der Waals surface area contributed by atoms with Gasteiger partial charge in [-0.3, -0.25) is 14.4 Å². The Kier molecular flexibility index (Phi) is 6.33. The lowest BCUT2D eigenvalue weighted by molar-refractivity contribution is 0.0943. The number of rotatable bonds is 6. The molecule has 1 heterocycles. The number of H-pyrrole nitrogens is 1. The fourth-order valence-corrected chi connectivity index (χ4v) is 2.85. The number of nitrogens with one attached hydrogen (secondary N) is 4. The van der Waals surface area contributed by atoms with Gasteiger partial charge in [-0.05, 0) is 42.5 Å². The van der Waals surface area contributed by atoms with Gasteiger partial charge in [0.2, 0.25) is 0 Å². The Morgan fingerprint density at radius 3 is 2.17 bits per heavy atom. The number of anilines is 2. The van der Waals surface area contributed by atoms with Crippen LogP contribution in [0.2, 0.25) is 5.02 Å². The lowest BCUT2D eigenvalue weighted by Crippen LogP contribution is -2.23. The van der Waals surface area contributed by atoms with Crippen LogP contribution >= 0.6 is 11.6 Å². The van der Waals surface area contributed by atoms with Gasteiger partial charge >= 0.3 is 0 Å². The van der Waals surface area contributed by atoms with E-state index in [1.54, 1.807) is 42.5 Å². The van der Waals surface area contributed by atoms with Crippen LogP contribution in [-0.2, 0) is 0 Å². The maximum absolute atomic E-state index is 12.4. The van der Waals surface area contributed by atoms with Gasteiger partial charge in [-0.2, -0.15) is 0 Å². The number of benzene rings is 2. The summed E-state index contributed by atoms with van der Waals surface area (Å²) in [5, 5.41) is 8.07. The molecule has 9 nitrogen and oxygen atoms in total. The summed E-state index contributed by atoms with van der Waals surface area (Å²) >= 11 is 6.12. The van der Waals surface area contributed by atoms with Gasteiger partial charge in [0.1, 0.15) is 11.4 Å². The zero-order valence-corrected chi connectivity index (χ0v) is 16.8. The maximum atomic E-state index is 12.4. The van der Waals surface area contributed by atoms with E-state index in [1.165, 1.54) is 20.5 Å². The number of imidazole rings is 1. The molecule has 10 heteroatoms. The van der Waals surface area contributed by atoms with Crippen LogP contribution < -0.4 is 20.7 Å². The van der Waals surface area contributed by atoms with E-state index in [0.717, 1.165) is 0 Å². The second-order valence-electron chi connectivity index (χ2n) is 6.04. The number of ether oxygens (including phenoxy) is 1. The Labute approximate surface area is 176 Å². The molecule has 0 radical (unpaired) electrons. The summed E-state index contributed by atoms with van der Waals surface area (Å²) in [7, 11) is 2.96.